The molecule has 0 aliphatic carbocycles. The number of nitrogens with zero attached hydrogens (tertiary/aromatic N) is 5. The average molecular weight is 569 g/mol. The Kier molecular flexibility index (Phi) is 7.49. The number of urea groups is 1. The molecule has 0 unspecified atom stereocenters. The summed E-state index contributed by atoms with van der Waals surface area (Å²) in [6.07, 6.45) is -0.302. The Morgan fingerprint density at radius 1 is 1.26 bits per heavy atom. The standard InChI is InChI=1S/C26H25ClN6O5S/c1-15(2)38-21-11-18(33(36)37)7-8-19(21)25-30-23(20-13-39-14-29-20)24(16-3-5-17(27)6-4-16)32(25)26(35)31-10-9-28-22(34)12-31/h3-8,11,13-15,23-24H,9-10,12H2,1-2H3,(H,28,34)/t23-,24+/m0/s1. The maximum atomic E-state index is 14.2. The summed E-state index contributed by atoms with van der Waals surface area (Å²) >= 11 is 7.59. The van der Waals surface area contributed by atoms with Crippen LogP contribution >= 0.6 is 22.9 Å². The van der Waals surface area contributed by atoms with Crippen molar-refractivity contribution in [3.63, 3.8) is 0 Å². The van der Waals surface area contributed by atoms with E-state index in [0.29, 0.717) is 29.4 Å². The molecule has 1 saturated heterocycles. The number of piperazine rings is 1. The largest absolute Gasteiger partial charge is 0.490 e. The number of hydrogen-bond donors (Lipinski definition) is 1. The van der Waals surface area contributed by atoms with E-state index in [9.17, 15) is 19.7 Å². The van der Waals surface area contributed by atoms with Gasteiger partial charge in [0.1, 0.15) is 24.2 Å². The summed E-state index contributed by atoms with van der Waals surface area (Å²) in [6.45, 7) is 4.16. The van der Waals surface area contributed by atoms with Gasteiger partial charge in [0.25, 0.3) is 5.69 Å². The lowest BCUT2D eigenvalue weighted by molar-refractivity contribution is -0.384. The number of nitrogens with one attached hydrogen (secondary N) is 1. The first kappa shape index (κ1) is 26.6. The Labute approximate surface area is 233 Å². The lowest BCUT2D eigenvalue weighted by atomic mass is 9.97. The van der Waals surface area contributed by atoms with E-state index in [1.165, 1.54) is 28.4 Å². The summed E-state index contributed by atoms with van der Waals surface area (Å²) in [5.41, 5.74) is 3.39. The predicted octanol–water partition coefficient (Wildman–Crippen LogP) is 4.59. The minimum atomic E-state index is -0.626. The third kappa shape index (κ3) is 5.43. The van der Waals surface area contributed by atoms with Gasteiger partial charge in [-0.1, -0.05) is 23.7 Å². The van der Waals surface area contributed by atoms with E-state index in [4.69, 9.17) is 21.3 Å². The minimum absolute atomic E-state index is 0.104. The van der Waals surface area contributed by atoms with E-state index in [2.05, 4.69) is 10.3 Å². The number of non-ortho nitro benzene ring substituents is 1. The summed E-state index contributed by atoms with van der Waals surface area (Å²) in [7, 11) is 0. The van der Waals surface area contributed by atoms with Crippen molar-refractivity contribution in [2.45, 2.75) is 32.0 Å². The molecule has 3 aromatic rings. The molecule has 39 heavy (non-hydrogen) atoms. The highest BCUT2D eigenvalue weighted by atomic mass is 35.5. The van der Waals surface area contributed by atoms with Gasteiger partial charge in [0.05, 0.1) is 39.9 Å². The molecule has 1 aromatic heterocycles. The molecule has 5 rings (SSSR count). The van der Waals surface area contributed by atoms with Gasteiger partial charge in [0.15, 0.2) is 0 Å². The normalized spacial score (nSPS) is 19.2. The van der Waals surface area contributed by atoms with Gasteiger partial charge >= 0.3 is 6.03 Å². The lowest BCUT2D eigenvalue weighted by Gasteiger charge is -2.35. The summed E-state index contributed by atoms with van der Waals surface area (Å²) in [6, 6.07) is 9.74. The van der Waals surface area contributed by atoms with Gasteiger partial charge < -0.3 is 15.0 Å². The summed E-state index contributed by atoms with van der Waals surface area (Å²) < 4.78 is 5.99. The predicted molar refractivity (Wildman–Crippen MR) is 146 cm³/mol. The molecule has 202 valence electrons. The van der Waals surface area contributed by atoms with Crippen molar-refractivity contribution < 1.29 is 19.2 Å². The van der Waals surface area contributed by atoms with Gasteiger partial charge in [-0.05, 0) is 37.6 Å². The summed E-state index contributed by atoms with van der Waals surface area (Å²) in [5.74, 6) is 0.237. The molecule has 3 heterocycles. The molecule has 1 N–H and O–H groups in total. The van der Waals surface area contributed by atoms with Crippen molar-refractivity contribution in [2.24, 2.45) is 4.99 Å². The lowest BCUT2D eigenvalue weighted by Crippen LogP contribution is -2.55. The number of nitro benzene ring substituents is 1. The quantitative estimate of drug-likeness (QED) is 0.342. The minimum Gasteiger partial charge on any atom is -0.490 e. The molecule has 11 nitrogen and oxygen atoms in total. The second-order valence-corrected chi connectivity index (χ2v) is 10.5. The Hall–Kier alpha value is -4.03. The van der Waals surface area contributed by atoms with Crippen LogP contribution < -0.4 is 10.1 Å². The van der Waals surface area contributed by atoms with Gasteiger partial charge in [-0.3, -0.25) is 24.8 Å². The van der Waals surface area contributed by atoms with Crippen molar-refractivity contribution in [3.05, 3.63) is 85.3 Å². The third-order valence-electron chi connectivity index (χ3n) is 6.33. The molecule has 2 atom stereocenters. The second kappa shape index (κ2) is 11.0. The number of rotatable bonds is 6. The SMILES string of the molecule is CC(C)Oc1cc([N+](=O)[O-])ccc1C1=N[C@@H](c2cscn2)[C@@H](c2ccc(Cl)cc2)N1C(=O)N1CCNC(=O)C1. The highest BCUT2D eigenvalue weighted by Crippen LogP contribution is 2.45. The number of thiazole rings is 1. The van der Waals surface area contributed by atoms with Crippen LogP contribution in [0.25, 0.3) is 0 Å². The molecule has 2 aliphatic heterocycles. The van der Waals surface area contributed by atoms with E-state index < -0.39 is 23.0 Å². The maximum absolute atomic E-state index is 14.2. The molecule has 0 bridgehead atoms. The van der Waals surface area contributed by atoms with Crippen LogP contribution in [0.1, 0.15) is 42.8 Å². The van der Waals surface area contributed by atoms with Crippen LogP contribution in [-0.2, 0) is 4.79 Å². The smallest absolute Gasteiger partial charge is 0.326 e. The van der Waals surface area contributed by atoms with Gasteiger partial charge in [0, 0.05) is 29.6 Å². The zero-order chi connectivity index (χ0) is 27.7. The van der Waals surface area contributed by atoms with Crippen molar-refractivity contribution in [1.29, 1.82) is 0 Å². The van der Waals surface area contributed by atoms with Crippen LogP contribution in [0.2, 0.25) is 5.02 Å². The van der Waals surface area contributed by atoms with Crippen molar-refractivity contribution in [1.82, 2.24) is 20.1 Å². The van der Waals surface area contributed by atoms with Crippen LogP contribution in [0, 0.1) is 10.1 Å². The van der Waals surface area contributed by atoms with Crippen LogP contribution in [-0.4, -0.2) is 63.2 Å². The fourth-order valence-electron chi connectivity index (χ4n) is 4.65. The number of benzene rings is 2. The number of amidine groups is 1. The van der Waals surface area contributed by atoms with E-state index in [1.807, 2.05) is 31.4 Å². The number of hydrogen-bond acceptors (Lipinski definition) is 8. The van der Waals surface area contributed by atoms with Crippen molar-refractivity contribution in [2.75, 3.05) is 19.6 Å². The first-order valence-corrected chi connectivity index (χ1v) is 13.6. The van der Waals surface area contributed by atoms with Crippen molar-refractivity contribution >= 4 is 46.4 Å². The summed E-state index contributed by atoms with van der Waals surface area (Å²) in [5, 5.41) is 16.7. The first-order valence-electron chi connectivity index (χ1n) is 12.2. The third-order valence-corrected chi connectivity index (χ3v) is 7.18. The number of amides is 3. The summed E-state index contributed by atoms with van der Waals surface area (Å²) in [4.78, 5) is 49.9. The Morgan fingerprint density at radius 3 is 2.67 bits per heavy atom. The maximum Gasteiger partial charge on any atom is 0.326 e. The zero-order valence-corrected chi connectivity index (χ0v) is 22.7. The molecule has 2 aromatic carbocycles. The van der Waals surface area contributed by atoms with Gasteiger partial charge in [-0.2, -0.15) is 0 Å². The Balaban J connectivity index is 1.70. The highest BCUT2D eigenvalue weighted by molar-refractivity contribution is 7.07. The number of nitro groups is 1. The average Bonchev–Trinajstić information content (AvgIpc) is 3.57. The molecule has 0 radical (unpaired) electrons. The van der Waals surface area contributed by atoms with E-state index in [1.54, 1.807) is 28.6 Å². The fraction of sp³-hybridized carbons (Fsp3) is 0.308. The molecular weight excluding hydrogens is 544 g/mol. The number of aromatic nitrogens is 1. The van der Waals surface area contributed by atoms with Crippen molar-refractivity contribution in [3.8, 4) is 5.75 Å². The molecule has 0 saturated carbocycles. The number of halogens is 1. The molecule has 1 fully saturated rings. The molecule has 2 aliphatic rings. The molecule has 13 heteroatoms. The molecule has 0 spiro atoms. The van der Waals surface area contributed by atoms with Crippen LogP contribution in [0.3, 0.4) is 0 Å². The second-order valence-electron chi connectivity index (χ2n) is 9.34. The Bertz CT molecular complexity index is 1430. The fourth-order valence-corrected chi connectivity index (χ4v) is 5.36. The van der Waals surface area contributed by atoms with Gasteiger partial charge in [0.2, 0.25) is 5.91 Å². The van der Waals surface area contributed by atoms with Crippen LogP contribution in [0.15, 0.2) is 58.3 Å². The Morgan fingerprint density at radius 2 is 2.03 bits per heavy atom. The molecule has 3 amide bonds. The highest BCUT2D eigenvalue weighted by Gasteiger charge is 2.46. The van der Waals surface area contributed by atoms with E-state index >= 15 is 0 Å². The number of carbonyl (C=O) groups excluding carboxylic acids is 2. The monoisotopic (exact) mass is 568 g/mol. The zero-order valence-electron chi connectivity index (χ0n) is 21.1. The molecular formula is C26H25ClN6O5S. The first-order chi connectivity index (χ1) is 18.7. The van der Waals surface area contributed by atoms with Gasteiger partial charge in [-0.25, -0.2) is 9.78 Å². The van der Waals surface area contributed by atoms with E-state index in [0.717, 1.165) is 5.56 Å². The topological polar surface area (TPSA) is 130 Å². The number of ether oxygens (including phenoxy) is 1. The van der Waals surface area contributed by atoms with Crippen LogP contribution in [0.5, 0.6) is 5.75 Å². The van der Waals surface area contributed by atoms with Crippen LogP contribution in [0.4, 0.5) is 10.5 Å². The number of carbonyl (C=O) groups is 2. The number of aliphatic imine (C=N–C) groups is 1. The van der Waals surface area contributed by atoms with E-state index in [-0.39, 0.29) is 35.8 Å². The van der Waals surface area contributed by atoms with Gasteiger partial charge in [-0.15, -0.1) is 11.3 Å².